The summed E-state index contributed by atoms with van der Waals surface area (Å²) in [6.07, 6.45) is 0.558. The zero-order valence-corrected chi connectivity index (χ0v) is 14.5. The maximum Gasteiger partial charge on any atom is 0.509 e. The highest BCUT2D eigenvalue weighted by Gasteiger charge is 2.82. The standard InChI is InChI=1S/C19H22O7/c1-7-5-18-6-19(7,23)4-3-8(18)9-10(11(18)15(20)21)17(2)14-13(24-14)12(9)25-16(22)26-17/h8-14,23H,1,3-6H2,2H3,(H,20,21)/t8-,9?,10?,11+,12?,13?,14?,17-,18?,19?/m0/s1. The number of carbonyl (C=O) groups excluding carboxylic acids is 1. The molecule has 0 amide bonds. The predicted octanol–water partition coefficient (Wildman–Crippen LogP) is 1.49. The monoisotopic (exact) mass is 362 g/mol. The van der Waals surface area contributed by atoms with Crippen LogP contribution in [0.2, 0.25) is 0 Å². The summed E-state index contributed by atoms with van der Waals surface area (Å²) in [4.78, 5) is 24.6. The van der Waals surface area contributed by atoms with E-state index in [0.717, 1.165) is 5.57 Å². The molecule has 26 heavy (non-hydrogen) atoms. The zero-order chi connectivity index (χ0) is 18.2. The van der Waals surface area contributed by atoms with Crippen molar-refractivity contribution in [2.45, 2.75) is 62.1 Å². The average molecular weight is 362 g/mol. The molecule has 7 unspecified atom stereocenters. The lowest BCUT2D eigenvalue weighted by Gasteiger charge is -2.43. The first-order valence-corrected chi connectivity index (χ1v) is 9.40. The Balaban J connectivity index is 1.57. The van der Waals surface area contributed by atoms with Crippen molar-refractivity contribution >= 4 is 12.1 Å². The van der Waals surface area contributed by atoms with Gasteiger partial charge in [-0.05, 0) is 49.5 Å². The van der Waals surface area contributed by atoms with E-state index in [0.29, 0.717) is 25.7 Å². The van der Waals surface area contributed by atoms with Crippen molar-refractivity contribution in [2.75, 3.05) is 0 Å². The second-order valence-corrected chi connectivity index (χ2v) is 9.43. The van der Waals surface area contributed by atoms with Crippen LogP contribution in [0.3, 0.4) is 0 Å². The van der Waals surface area contributed by atoms with E-state index in [1.54, 1.807) is 6.92 Å². The van der Waals surface area contributed by atoms with Gasteiger partial charge in [-0.2, -0.15) is 0 Å². The van der Waals surface area contributed by atoms with Crippen LogP contribution in [-0.2, 0) is 19.0 Å². The number of aliphatic carboxylic acids is 1. The molecule has 7 aliphatic rings. The van der Waals surface area contributed by atoms with E-state index in [1.165, 1.54) is 0 Å². The van der Waals surface area contributed by atoms with E-state index in [9.17, 15) is 19.8 Å². The van der Waals surface area contributed by atoms with Gasteiger partial charge in [0.2, 0.25) is 0 Å². The second kappa shape index (κ2) is 4.12. The Labute approximate surface area is 150 Å². The number of hydrogen-bond acceptors (Lipinski definition) is 6. The molecule has 7 heteroatoms. The van der Waals surface area contributed by atoms with Crippen LogP contribution in [0, 0.1) is 29.1 Å². The van der Waals surface area contributed by atoms with Crippen LogP contribution in [0.15, 0.2) is 12.2 Å². The largest absolute Gasteiger partial charge is 0.509 e. The molecule has 3 aliphatic heterocycles. The van der Waals surface area contributed by atoms with Crippen LogP contribution in [0.4, 0.5) is 4.79 Å². The van der Waals surface area contributed by atoms with Gasteiger partial charge in [0.1, 0.15) is 23.9 Å². The molecule has 4 bridgehead atoms. The second-order valence-electron chi connectivity index (χ2n) is 9.43. The molecule has 0 aromatic rings. The van der Waals surface area contributed by atoms with Crippen molar-refractivity contribution < 1.29 is 34.0 Å². The number of ether oxygens (including phenoxy) is 3. The molecule has 4 saturated carbocycles. The van der Waals surface area contributed by atoms with Gasteiger partial charge in [-0.1, -0.05) is 6.58 Å². The minimum atomic E-state index is -1.00. The first-order valence-electron chi connectivity index (χ1n) is 9.40. The summed E-state index contributed by atoms with van der Waals surface area (Å²) in [7, 11) is 0. The molecule has 10 atom stereocenters. The maximum absolute atomic E-state index is 12.5. The van der Waals surface area contributed by atoms with Gasteiger partial charge < -0.3 is 24.4 Å². The minimum Gasteiger partial charge on any atom is -0.481 e. The Morgan fingerprint density at radius 1 is 1.35 bits per heavy atom. The van der Waals surface area contributed by atoms with Crippen LogP contribution in [0.1, 0.15) is 32.6 Å². The third kappa shape index (κ3) is 1.44. The van der Waals surface area contributed by atoms with Gasteiger partial charge >= 0.3 is 12.1 Å². The number of carboxylic acids is 1. The molecule has 7 rings (SSSR count). The maximum atomic E-state index is 12.5. The fraction of sp³-hybridized carbons (Fsp3) is 0.789. The molecular weight excluding hydrogens is 340 g/mol. The van der Waals surface area contributed by atoms with Gasteiger partial charge in [-0.3, -0.25) is 4.79 Å². The lowest BCUT2D eigenvalue weighted by Crippen LogP contribution is -2.55. The predicted molar refractivity (Wildman–Crippen MR) is 85.0 cm³/mol. The van der Waals surface area contributed by atoms with Crippen molar-refractivity contribution in [3.8, 4) is 0 Å². The number of epoxide rings is 1. The molecular formula is C19H22O7. The molecule has 140 valence electrons. The molecule has 3 saturated heterocycles. The highest BCUT2D eigenvalue weighted by molar-refractivity contribution is 5.74. The van der Waals surface area contributed by atoms with Crippen molar-refractivity contribution in [3.63, 3.8) is 0 Å². The molecule has 0 aromatic heterocycles. The Hall–Kier alpha value is -1.60. The summed E-state index contributed by atoms with van der Waals surface area (Å²) in [6.45, 7) is 5.88. The molecule has 1 spiro atoms. The third-order valence-corrected chi connectivity index (χ3v) is 8.54. The molecule has 2 N–H and O–H groups in total. The average Bonchev–Trinajstić information content (AvgIpc) is 3.27. The lowest BCUT2D eigenvalue weighted by atomic mass is 9.63. The number of aliphatic hydroxyl groups is 1. The number of rotatable bonds is 1. The van der Waals surface area contributed by atoms with Crippen molar-refractivity contribution in [2.24, 2.45) is 29.1 Å². The summed E-state index contributed by atoms with van der Waals surface area (Å²) in [5.74, 6) is -2.04. The molecule has 0 aromatic carbocycles. The highest BCUT2D eigenvalue weighted by Crippen LogP contribution is 2.75. The van der Waals surface area contributed by atoms with Gasteiger partial charge in [0.25, 0.3) is 0 Å². The van der Waals surface area contributed by atoms with Crippen LogP contribution in [0.5, 0.6) is 0 Å². The lowest BCUT2D eigenvalue weighted by molar-refractivity contribution is -0.156. The van der Waals surface area contributed by atoms with Crippen molar-refractivity contribution in [3.05, 3.63) is 12.2 Å². The molecule has 4 aliphatic carbocycles. The van der Waals surface area contributed by atoms with Gasteiger partial charge in [-0.15, -0.1) is 0 Å². The normalized spacial score (nSPS) is 61.1. The van der Waals surface area contributed by atoms with E-state index in [1.807, 2.05) is 0 Å². The smallest absolute Gasteiger partial charge is 0.481 e. The Morgan fingerprint density at radius 3 is 2.85 bits per heavy atom. The summed E-state index contributed by atoms with van der Waals surface area (Å²) in [5, 5.41) is 21.2. The first kappa shape index (κ1) is 15.5. The van der Waals surface area contributed by atoms with Crippen LogP contribution >= 0.6 is 0 Å². The number of carboxylic acid groups (broad SMARTS) is 1. The topological polar surface area (TPSA) is 106 Å². The fourth-order valence-corrected chi connectivity index (χ4v) is 7.74. The summed E-state index contributed by atoms with van der Waals surface area (Å²) < 4.78 is 17.1. The quantitative estimate of drug-likeness (QED) is 0.413. The van der Waals surface area contributed by atoms with Crippen molar-refractivity contribution in [1.29, 1.82) is 0 Å². The van der Waals surface area contributed by atoms with Crippen molar-refractivity contribution in [1.82, 2.24) is 0 Å². The van der Waals surface area contributed by atoms with E-state index in [-0.39, 0.29) is 30.0 Å². The Bertz CT molecular complexity index is 778. The minimum absolute atomic E-state index is 0.0529. The SMILES string of the molecule is C=C1CC23CC1(O)CC[C@H]2C1C2OC(=O)O[C@](C)(C4OC24)C1[C@@H]3C(=O)O. The molecule has 7 fully saturated rings. The third-order valence-electron chi connectivity index (χ3n) is 8.54. The van der Waals surface area contributed by atoms with Gasteiger partial charge in [0.15, 0.2) is 0 Å². The highest BCUT2D eigenvalue weighted by atomic mass is 16.8. The summed E-state index contributed by atoms with van der Waals surface area (Å²) in [6, 6.07) is 0. The van der Waals surface area contributed by atoms with Gasteiger partial charge in [0.05, 0.1) is 11.5 Å². The summed E-state index contributed by atoms with van der Waals surface area (Å²) >= 11 is 0. The van der Waals surface area contributed by atoms with Crippen LogP contribution in [-0.4, -0.2) is 51.9 Å². The van der Waals surface area contributed by atoms with E-state index >= 15 is 0 Å². The van der Waals surface area contributed by atoms with E-state index in [4.69, 9.17) is 14.2 Å². The molecule has 0 radical (unpaired) electrons. The first-order chi connectivity index (χ1) is 12.2. The fourth-order valence-electron chi connectivity index (χ4n) is 7.74. The van der Waals surface area contributed by atoms with E-state index in [2.05, 4.69) is 6.58 Å². The Kier molecular flexibility index (Phi) is 2.45. The molecule has 7 nitrogen and oxygen atoms in total. The molecule has 3 heterocycles. The number of carbonyl (C=O) groups is 2. The van der Waals surface area contributed by atoms with Crippen LogP contribution in [0.25, 0.3) is 0 Å². The van der Waals surface area contributed by atoms with Gasteiger partial charge in [-0.25, -0.2) is 4.79 Å². The van der Waals surface area contributed by atoms with E-state index < -0.39 is 40.8 Å². The number of hydrogen-bond donors (Lipinski definition) is 2. The zero-order valence-electron chi connectivity index (χ0n) is 14.5. The summed E-state index contributed by atoms with van der Waals surface area (Å²) in [5.41, 5.74) is -1.77. The van der Waals surface area contributed by atoms with Gasteiger partial charge in [0, 0.05) is 11.8 Å². The van der Waals surface area contributed by atoms with Crippen LogP contribution < -0.4 is 0 Å². The Morgan fingerprint density at radius 2 is 2.12 bits per heavy atom. The number of fused-ring (bicyclic) bond motifs is 3.